The van der Waals surface area contributed by atoms with Crippen molar-refractivity contribution in [3.63, 3.8) is 0 Å². The molecule has 0 aliphatic heterocycles. The molecule has 2 atom stereocenters. The van der Waals surface area contributed by atoms with Gasteiger partial charge in [0.05, 0.1) is 6.10 Å². The Kier molecular flexibility index (Phi) is 4.54. The molecule has 0 saturated heterocycles. The van der Waals surface area contributed by atoms with Gasteiger partial charge in [0, 0.05) is 12.0 Å². The standard InChI is InChI=1S/C16H29NO2/c1-11-8-12(10-16(2,3)9-11)15(19)17-13-4-6-14(18)7-5-13/h11-14,18H,4-10H2,1-3H3,(H,17,19). The van der Waals surface area contributed by atoms with E-state index in [9.17, 15) is 9.90 Å². The first kappa shape index (κ1) is 14.8. The Morgan fingerprint density at radius 3 is 2.37 bits per heavy atom. The SMILES string of the molecule is CC1CC(C(=O)NC2CCC(O)CC2)CC(C)(C)C1. The van der Waals surface area contributed by atoms with Crippen LogP contribution < -0.4 is 5.32 Å². The lowest BCUT2D eigenvalue weighted by molar-refractivity contribution is -0.129. The van der Waals surface area contributed by atoms with E-state index < -0.39 is 0 Å². The normalized spacial score (nSPS) is 38.7. The van der Waals surface area contributed by atoms with E-state index in [4.69, 9.17) is 0 Å². The lowest BCUT2D eigenvalue weighted by atomic mass is 9.68. The van der Waals surface area contributed by atoms with Crippen LogP contribution in [0.5, 0.6) is 0 Å². The third kappa shape index (κ3) is 4.20. The molecule has 0 aromatic rings. The fourth-order valence-corrected chi connectivity index (χ4v) is 4.08. The van der Waals surface area contributed by atoms with E-state index in [2.05, 4.69) is 26.1 Å². The van der Waals surface area contributed by atoms with Crippen molar-refractivity contribution < 1.29 is 9.90 Å². The second-order valence-corrected chi connectivity index (χ2v) is 7.62. The molecule has 1 amide bonds. The number of amides is 1. The maximum Gasteiger partial charge on any atom is 0.223 e. The number of carbonyl (C=O) groups excluding carboxylic acids is 1. The summed E-state index contributed by atoms with van der Waals surface area (Å²) in [5, 5.41) is 12.7. The van der Waals surface area contributed by atoms with Crippen LogP contribution in [0.2, 0.25) is 0 Å². The van der Waals surface area contributed by atoms with Crippen LogP contribution in [0.25, 0.3) is 0 Å². The van der Waals surface area contributed by atoms with Crippen LogP contribution in [0.1, 0.15) is 65.7 Å². The van der Waals surface area contributed by atoms with Crippen molar-refractivity contribution in [1.82, 2.24) is 5.32 Å². The molecule has 110 valence electrons. The van der Waals surface area contributed by atoms with E-state index >= 15 is 0 Å². The molecule has 0 heterocycles. The first-order valence-corrected chi connectivity index (χ1v) is 7.84. The molecule has 3 heteroatoms. The van der Waals surface area contributed by atoms with Crippen molar-refractivity contribution in [1.29, 1.82) is 0 Å². The van der Waals surface area contributed by atoms with Gasteiger partial charge in [-0.2, -0.15) is 0 Å². The van der Waals surface area contributed by atoms with E-state index in [1.807, 2.05) is 0 Å². The van der Waals surface area contributed by atoms with Gasteiger partial charge in [-0.25, -0.2) is 0 Å². The summed E-state index contributed by atoms with van der Waals surface area (Å²) in [6.07, 6.45) is 6.64. The molecule has 2 rings (SSSR count). The minimum Gasteiger partial charge on any atom is -0.393 e. The molecule has 2 unspecified atom stereocenters. The molecule has 2 N–H and O–H groups in total. The molecular weight excluding hydrogens is 238 g/mol. The van der Waals surface area contributed by atoms with Gasteiger partial charge in [0.2, 0.25) is 5.91 Å². The van der Waals surface area contributed by atoms with Crippen LogP contribution in [-0.4, -0.2) is 23.2 Å². The van der Waals surface area contributed by atoms with Gasteiger partial charge in [0.1, 0.15) is 0 Å². The van der Waals surface area contributed by atoms with Crippen molar-refractivity contribution in [3.05, 3.63) is 0 Å². The second kappa shape index (κ2) is 5.82. The Labute approximate surface area is 117 Å². The molecule has 2 aliphatic carbocycles. The van der Waals surface area contributed by atoms with Gasteiger partial charge in [-0.3, -0.25) is 4.79 Å². The quantitative estimate of drug-likeness (QED) is 0.808. The zero-order chi connectivity index (χ0) is 14.0. The van der Waals surface area contributed by atoms with Crippen molar-refractivity contribution in [2.45, 2.75) is 77.9 Å². The van der Waals surface area contributed by atoms with Crippen LogP contribution in [0, 0.1) is 17.3 Å². The molecular formula is C16H29NO2. The monoisotopic (exact) mass is 267 g/mol. The van der Waals surface area contributed by atoms with Gasteiger partial charge in [0.15, 0.2) is 0 Å². The summed E-state index contributed by atoms with van der Waals surface area (Å²) in [4.78, 5) is 12.4. The summed E-state index contributed by atoms with van der Waals surface area (Å²) in [6, 6.07) is 0.288. The maximum absolute atomic E-state index is 12.4. The number of nitrogens with one attached hydrogen (secondary N) is 1. The van der Waals surface area contributed by atoms with Gasteiger partial charge in [0.25, 0.3) is 0 Å². The van der Waals surface area contributed by atoms with Crippen LogP contribution >= 0.6 is 0 Å². The van der Waals surface area contributed by atoms with Crippen LogP contribution in [0.15, 0.2) is 0 Å². The Balaban J connectivity index is 1.85. The van der Waals surface area contributed by atoms with Crippen LogP contribution in [0.4, 0.5) is 0 Å². The maximum atomic E-state index is 12.4. The van der Waals surface area contributed by atoms with Crippen molar-refractivity contribution in [3.8, 4) is 0 Å². The molecule has 19 heavy (non-hydrogen) atoms. The summed E-state index contributed by atoms with van der Waals surface area (Å²) in [7, 11) is 0. The van der Waals surface area contributed by atoms with Gasteiger partial charge in [-0.1, -0.05) is 20.8 Å². The third-order valence-electron chi connectivity index (χ3n) is 4.80. The average Bonchev–Trinajstić information content (AvgIpc) is 2.29. The summed E-state index contributed by atoms with van der Waals surface area (Å²) in [5.41, 5.74) is 0.294. The van der Waals surface area contributed by atoms with Gasteiger partial charge in [-0.05, 0) is 56.3 Å². The highest BCUT2D eigenvalue weighted by molar-refractivity contribution is 5.79. The van der Waals surface area contributed by atoms with Crippen molar-refractivity contribution in [2.75, 3.05) is 0 Å². The molecule has 2 fully saturated rings. The van der Waals surface area contributed by atoms with Crippen molar-refractivity contribution >= 4 is 5.91 Å². The Hall–Kier alpha value is -0.570. The van der Waals surface area contributed by atoms with E-state index in [0.29, 0.717) is 11.3 Å². The highest BCUT2D eigenvalue weighted by atomic mass is 16.3. The molecule has 0 spiro atoms. The number of aliphatic hydroxyl groups excluding tert-OH is 1. The minimum atomic E-state index is -0.151. The summed E-state index contributed by atoms with van der Waals surface area (Å²) < 4.78 is 0. The highest BCUT2D eigenvalue weighted by Gasteiger charge is 2.36. The summed E-state index contributed by atoms with van der Waals surface area (Å²) in [5.74, 6) is 1.08. The van der Waals surface area contributed by atoms with Crippen LogP contribution in [-0.2, 0) is 4.79 Å². The molecule has 0 aromatic carbocycles. The predicted octanol–water partition coefficient (Wildman–Crippen LogP) is 2.87. The zero-order valence-corrected chi connectivity index (χ0v) is 12.6. The fraction of sp³-hybridized carbons (Fsp3) is 0.938. The van der Waals surface area contributed by atoms with Crippen molar-refractivity contribution in [2.24, 2.45) is 17.3 Å². The average molecular weight is 267 g/mol. The minimum absolute atomic E-state index is 0.151. The zero-order valence-electron chi connectivity index (χ0n) is 12.6. The lowest BCUT2D eigenvalue weighted by Crippen LogP contribution is -2.44. The first-order valence-electron chi connectivity index (χ1n) is 7.84. The van der Waals surface area contributed by atoms with E-state index in [-0.39, 0.29) is 24.0 Å². The number of rotatable bonds is 2. The molecule has 0 bridgehead atoms. The van der Waals surface area contributed by atoms with Gasteiger partial charge >= 0.3 is 0 Å². The lowest BCUT2D eigenvalue weighted by Gasteiger charge is -2.39. The van der Waals surface area contributed by atoms with Gasteiger partial charge < -0.3 is 10.4 Å². The summed E-state index contributed by atoms with van der Waals surface area (Å²) >= 11 is 0. The third-order valence-corrected chi connectivity index (χ3v) is 4.80. The molecule has 0 aromatic heterocycles. The molecule has 3 nitrogen and oxygen atoms in total. The smallest absolute Gasteiger partial charge is 0.223 e. The molecule has 2 aliphatic rings. The van der Waals surface area contributed by atoms with Crippen LogP contribution in [0.3, 0.4) is 0 Å². The number of hydrogen-bond donors (Lipinski definition) is 2. The first-order chi connectivity index (χ1) is 8.85. The number of aliphatic hydroxyl groups is 1. The van der Waals surface area contributed by atoms with E-state index in [1.54, 1.807) is 0 Å². The fourth-order valence-electron chi connectivity index (χ4n) is 4.08. The number of hydrogen-bond acceptors (Lipinski definition) is 2. The Bertz CT molecular complexity index is 319. The molecule has 2 saturated carbocycles. The van der Waals surface area contributed by atoms with E-state index in [0.717, 1.165) is 38.5 Å². The summed E-state index contributed by atoms with van der Waals surface area (Å²) in [6.45, 7) is 6.82. The Morgan fingerprint density at radius 2 is 1.79 bits per heavy atom. The van der Waals surface area contributed by atoms with Gasteiger partial charge in [-0.15, -0.1) is 0 Å². The Morgan fingerprint density at radius 1 is 1.16 bits per heavy atom. The largest absolute Gasteiger partial charge is 0.393 e. The predicted molar refractivity (Wildman–Crippen MR) is 76.7 cm³/mol. The van der Waals surface area contributed by atoms with E-state index in [1.165, 1.54) is 6.42 Å². The highest BCUT2D eigenvalue weighted by Crippen LogP contribution is 2.41. The topological polar surface area (TPSA) is 49.3 Å². The molecule has 0 radical (unpaired) electrons. The second-order valence-electron chi connectivity index (χ2n) is 7.62. The number of carbonyl (C=O) groups is 1.